The van der Waals surface area contributed by atoms with Gasteiger partial charge in [0.2, 0.25) is 0 Å². The van der Waals surface area contributed by atoms with Crippen molar-refractivity contribution in [2.24, 2.45) is 5.14 Å². The second kappa shape index (κ2) is 9.77. The average Bonchev–Trinajstić information content (AvgIpc) is 2.86. The van der Waals surface area contributed by atoms with Gasteiger partial charge in [-0.3, -0.25) is 14.9 Å². The molecular formula is C27H26N6OS. The smallest absolute Gasteiger partial charge is 0.251 e. The SMILES string of the molecule is CC1=Cc2cc(Cc3cc(C(=O)NCc4ccc5c(N)nccc5c4)ccn3)cc(SN)c2CN1. The summed E-state index contributed by atoms with van der Waals surface area (Å²) >= 11 is 1.26. The van der Waals surface area contributed by atoms with Crippen LogP contribution in [0.2, 0.25) is 0 Å². The molecule has 0 atom stereocenters. The van der Waals surface area contributed by atoms with E-state index in [1.165, 1.54) is 23.1 Å². The summed E-state index contributed by atoms with van der Waals surface area (Å²) in [7, 11) is 0. The quantitative estimate of drug-likeness (QED) is 0.305. The molecule has 0 fully saturated rings. The molecule has 3 heterocycles. The zero-order valence-corrected chi connectivity index (χ0v) is 20.2. The number of allylic oxidation sites excluding steroid dienone is 1. The number of aromatic nitrogens is 2. The second-order valence-corrected chi connectivity index (χ2v) is 9.28. The fourth-order valence-corrected chi connectivity index (χ4v) is 4.89. The molecule has 7 nitrogen and oxygen atoms in total. The third-order valence-corrected chi connectivity index (χ3v) is 6.74. The van der Waals surface area contributed by atoms with E-state index >= 15 is 0 Å². The van der Waals surface area contributed by atoms with Crippen LogP contribution >= 0.6 is 11.9 Å². The lowest BCUT2D eigenvalue weighted by atomic mass is 9.97. The Morgan fingerprint density at radius 1 is 1.09 bits per heavy atom. The first-order chi connectivity index (χ1) is 17.0. The van der Waals surface area contributed by atoms with E-state index in [9.17, 15) is 4.79 Å². The summed E-state index contributed by atoms with van der Waals surface area (Å²) < 4.78 is 0. The average molecular weight is 483 g/mol. The topological polar surface area (TPSA) is 119 Å². The van der Waals surface area contributed by atoms with Gasteiger partial charge in [-0.25, -0.2) is 4.98 Å². The summed E-state index contributed by atoms with van der Waals surface area (Å²) in [6.45, 7) is 3.24. The van der Waals surface area contributed by atoms with Crippen molar-refractivity contribution in [1.82, 2.24) is 20.6 Å². The molecule has 2 aromatic heterocycles. The van der Waals surface area contributed by atoms with Crippen molar-refractivity contribution < 1.29 is 4.79 Å². The van der Waals surface area contributed by atoms with Gasteiger partial charge in [-0.2, -0.15) is 0 Å². The van der Waals surface area contributed by atoms with Gasteiger partial charge in [0.25, 0.3) is 5.91 Å². The summed E-state index contributed by atoms with van der Waals surface area (Å²) in [5.74, 6) is 0.359. The highest BCUT2D eigenvalue weighted by atomic mass is 32.2. The predicted octanol–water partition coefficient (Wildman–Crippen LogP) is 4.16. The number of anilines is 1. The van der Waals surface area contributed by atoms with Crippen LogP contribution in [0.4, 0.5) is 5.82 Å². The number of carbonyl (C=O) groups is 1. The van der Waals surface area contributed by atoms with Crippen molar-refractivity contribution in [1.29, 1.82) is 0 Å². The van der Waals surface area contributed by atoms with Gasteiger partial charge in [-0.05, 0) is 82.9 Å². The number of rotatable bonds is 6. The molecule has 176 valence electrons. The van der Waals surface area contributed by atoms with Gasteiger partial charge in [-0.1, -0.05) is 18.2 Å². The summed E-state index contributed by atoms with van der Waals surface area (Å²) in [6, 6.07) is 15.7. The lowest BCUT2D eigenvalue weighted by molar-refractivity contribution is 0.0950. The minimum atomic E-state index is -0.142. The van der Waals surface area contributed by atoms with E-state index in [1.54, 1.807) is 18.5 Å². The lowest BCUT2D eigenvalue weighted by Crippen LogP contribution is -2.23. The fourth-order valence-electron chi connectivity index (χ4n) is 4.33. The Balaban J connectivity index is 1.30. The van der Waals surface area contributed by atoms with Crippen molar-refractivity contribution in [2.75, 3.05) is 5.73 Å². The summed E-state index contributed by atoms with van der Waals surface area (Å²) in [6.07, 6.45) is 6.12. The van der Waals surface area contributed by atoms with Gasteiger partial charge < -0.3 is 16.4 Å². The number of pyridine rings is 2. The number of hydrogen-bond acceptors (Lipinski definition) is 7. The van der Waals surface area contributed by atoms with E-state index in [0.29, 0.717) is 24.3 Å². The van der Waals surface area contributed by atoms with Crippen LogP contribution in [0.3, 0.4) is 0 Å². The Hall–Kier alpha value is -3.88. The van der Waals surface area contributed by atoms with Crippen molar-refractivity contribution in [2.45, 2.75) is 31.3 Å². The monoisotopic (exact) mass is 482 g/mol. The number of fused-ring (bicyclic) bond motifs is 2. The highest BCUT2D eigenvalue weighted by molar-refractivity contribution is 7.97. The Labute approximate surface area is 208 Å². The van der Waals surface area contributed by atoms with Crippen molar-refractivity contribution in [3.8, 4) is 0 Å². The minimum absolute atomic E-state index is 0.142. The number of amides is 1. The summed E-state index contributed by atoms with van der Waals surface area (Å²) in [5, 5.41) is 14.2. The Bertz CT molecular complexity index is 1470. The van der Waals surface area contributed by atoms with Crippen LogP contribution in [-0.2, 0) is 19.5 Å². The highest BCUT2D eigenvalue weighted by Gasteiger charge is 2.15. The van der Waals surface area contributed by atoms with E-state index in [2.05, 4.69) is 45.7 Å². The van der Waals surface area contributed by atoms with Gasteiger partial charge in [0.15, 0.2) is 0 Å². The minimum Gasteiger partial charge on any atom is -0.384 e. The van der Waals surface area contributed by atoms with Crippen molar-refractivity contribution >= 4 is 40.5 Å². The third-order valence-electron chi connectivity index (χ3n) is 6.12. The number of nitrogens with zero attached hydrogens (tertiary/aromatic N) is 2. The molecule has 35 heavy (non-hydrogen) atoms. The zero-order valence-electron chi connectivity index (χ0n) is 19.3. The largest absolute Gasteiger partial charge is 0.384 e. The molecule has 1 aliphatic heterocycles. The van der Waals surface area contributed by atoms with Crippen LogP contribution in [0.25, 0.3) is 16.8 Å². The Morgan fingerprint density at radius 3 is 2.80 bits per heavy atom. The van der Waals surface area contributed by atoms with Gasteiger partial charge >= 0.3 is 0 Å². The maximum absolute atomic E-state index is 12.9. The van der Waals surface area contributed by atoms with Gasteiger partial charge in [0.05, 0.1) is 0 Å². The predicted molar refractivity (Wildman–Crippen MR) is 141 cm³/mol. The molecule has 0 unspecified atom stereocenters. The molecule has 8 heteroatoms. The molecule has 1 aliphatic rings. The van der Waals surface area contributed by atoms with Crippen LogP contribution in [0.5, 0.6) is 0 Å². The first kappa shape index (κ1) is 22.9. The third kappa shape index (κ3) is 4.99. The molecule has 0 radical (unpaired) electrons. The van der Waals surface area contributed by atoms with Crippen molar-refractivity contribution in [3.05, 3.63) is 100 Å². The highest BCUT2D eigenvalue weighted by Crippen LogP contribution is 2.29. The molecule has 0 bridgehead atoms. The van der Waals surface area contributed by atoms with Crippen LogP contribution in [0, 0.1) is 0 Å². The van der Waals surface area contributed by atoms with Crippen LogP contribution in [0.1, 0.15) is 45.2 Å². The van der Waals surface area contributed by atoms with E-state index in [-0.39, 0.29) is 5.91 Å². The van der Waals surface area contributed by atoms with Crippen LogP contribution < -0.4 is 21.5 Å². The molecule has 5 rings (SSSR count). The Morgan fingerprint density at radius 2 is 1.94 bits per heavy atom. The molecule has 2 aromatic carbocycles. The normalized spacial score (nSPS) is 12.6. The molecule has 0 aliphatic carbocycles. The maximum Gasteiger partial charge on any atom is 0.251 e. The first-order valence-corrected chi connectivity index (χ1v) is 12.2. The fraction of sp³-hybridized carbons (Fsp3) is 0.148. The zero-order chi connectivity index (χ0) is 24.4. The Kier molecular flexibility index (Phi) is 6.39. The number of nitrogen functional groups attached to an aromatic ring is 1. The van der Waals surface area contributed by atoms with Gasteiger partial charge in [0, 0.05) is 59.1 Å². The molecule has 4 aromatic rings. The number of hydrogen-bond donors (Lipinski definition) is 4. The van der Waals surface area contributed by atoms with Gasteiger partial charge in [0.1, 0.15) is 5.82 Å². The molecule has 1 amide bonds. The summed E-state index contributed by atoms with van der Waals surface area (Å²) in [5.41, 5.74) is 12.9. The van der Waals surface area contributed by atoms with Gasteiger partial charge in [-0.15, -0.1) is 0 Å². The number of carbonyl (C=O) groups excluding carboxylic acids is 1. The van der Waals surface area contributed by atoms with Crippen LogP contribution in [0.15, 0.2) is 71.5 Å². The van der Waals surface area contributed by atoms with E-state index in [0.717, 1.165) is 44.7 Å². The summed E-state index contributed by atoms with van der Waals surface area (Å²) in [4.78, 5) is 22.5. The standard InChI is InChI=1S/C27H26N6OS/c1-16-8-21-10-18(12-25(35-29)24(21)15-32-16)11-22-13-20(5-6-30-22)27(34)33-14-17-2-3-23-19(9-17)4-7-31-26(23)28/h2-10,12-13,32H,11,14-15,29H2,1H3,(H2,28,31)(H,33,34). The molecule has 0 saturated carbocycles. The molecule has 6 N–H and O–H groups in total. The maximum atomic E-state index is 12.9. The molecular weight excluding hydrogens is 456 g/mol. The van der Waals surface area contributed by atoms with Crippen molar-refractivity contribution in [3.63, 3.8) is 0 Å². The lowest BCUT2D eigenvalue weighted by Gasteiger charge is -2.20. The molecule has 0 saturated heterocycles. The van der Waals surface area contributed by atoms with Crippen LogP contribution in [-0.4, -0.2) is 15.9 Å². The molecule has 0 spiro atoms. The van der Waals surface area contributed by atoms with E-state index in [4.69, 9.17) is 10.9 Å². The number of nitrogens with two attached hydrogens (primary N) is 2. The number of benzene rings is 2. The number of nitrogens with one attached hydrogen (secondary N) is 2. The first-order valence-electron chi connectivity index (χ1n) is 11.3. The van der Waals surface area contributed by atoms with E-state index < -0.39 is 0 Å². The van der Waals surface area contributed by atoms with E-state index in [1.807, 2.05) is 30.3 Å². The second-order valence-electron chi connectivity index (χ2n) is 8.61.